The Hall–Kier alpha value is -3.41. The molecule has 3 aliphatic rings. The van der Waals surface area contributed by atoms with Crippen LogP contribution in [0.2, 0.25) is 0 Å². The number of aliphatic hydroxyl groups is 1. The molecule has 1 aromatic heterocycles. The highest BCUT2D eigenvalue weighted by Gasteiger charge is 2.35. The fourth-order valence-corrected chi connectivity index (χ4v) is 6.59. The Bertz CT molecular complexity index is 1510. The summed E-state index contributed by atoms with van der Waals surface area (Å²) < 4.78 is 22.4. The van der Waals surface area contributed by atoms with Crippen molar-refractivity contribution < 1.29 is 23.8 Å². The minimum Gasteiger partial charge on any atom is -0.444 e. The molecule has 1 fully saturated rings. The van der Waals surface area contributed by atoms with Crippen molar-refractivity contribution in [3.63, 3.8) is 0 Å². The number of benzene rings is 2. The number of halogens is 1. The van der Waals surface area contributed by atoms with Gasteiger partial charge in [0.25, 0.3) is 5.56 Å². The Kier molecular flexibility index (Phi) is 7.05. The maximum Gasteiger partial charge on any atom is 0.414 e. The van der Waals surface area contributed by atoms with Crippen molar-refractivity contribution in [3.05, 3.63) is 64.2 Å². The summed E-state index contributed by atoms with van der Waals surface area (Å²) in [5, 5.41) is 13.2. The van der Waals surface area contributed by atoms with Crippen molar-refractivity contribution in [2.24, 2.45) is 0 Å². The fraction of sp³-hybridized carbons (Fsp3) is 0.393. The van der Waals surface area contributed by atoms with Gasteiger partial charge in [-0.1, -0.05) is 0 Å². The molecular weight excluding hydrogens is 523 g/mol. The van der Waals surface area contributed by atoms with E-state index in [-0.39, 0.29) is 36.0 Å². The maximum atomic E-state index is 15.1. The quantitative estimate of drug-likeness (QED) is 0.417. The number of carbonyl (C=O) groups is 2. The number of nitrogens with one attached hydrogen (secondary N) is 1. The second kappa shape index (κ2) is 10.6. The lowest BCUT2D eigenvalue weighted by Crippen LogP contribution is -2.33. The van der Waals surface area contributed by atoms with Crippen LogP contribution in [-0.4, -0.2) is 64.7 Å². The summed E-state index contributed by atoms with van der Waals surface area (Å²) in [7, 11) is 0. The van der Waals surface area contributed by atoms with Crippen LogP contribution in [-0.2, 0) is 16.1 Å². The number of amides is 2. The summed E-state index contributed by atoms with van der Waals surface area (Å²) in [6.07, 6.45) is 1.10. The predicted octanol–water partition coefficient (Wildman–Crippen LogP) is 3.73. The van der Waals surface area contributed by atoms with E-state index in [0.29, 0.717) is 73.6 Å². The first kappa shape index (κ1) is 25.8. The molecule has 11 heteroatoms. The molecule has 1 saturated heterocycles. The van der Waals surface area contributed by atoms with E-state index < -0.39 is 6.09 Å². The standard InChI is InChI=1S/C28H29FN4O5S/c29-20-7-4-17-5-9-25(36)33-15-22(26(20)27(17)33)31(11-2-12-34)10-1-3-19-14-32(28(37)38-19)18-6-8-23-21(13-18)30-24(35)16-39-23/h4-9,13,19,22,34H,1-3,10-12,14-16H2,(H,30,35)/t19-,22-/m1/s1. The van der Waals surface area contributed by atoms with Crippen LogP contribution in [0.15, 0.2) is 52.2 Å². The lowest BCUT2D eigenvalue weighted by atomic mass is 10.0. The Morgan fingerprint density at radius 2 is 1.90 bits per heavy atom. The zero-order chi connectivity index (χ0) is 27.1. The first-order valence-corrected chi connectivity index (χ1v) is 14.1. The summed E-state index contributed by atoms with van der Waals surface area (Å²) in [5.74, 6) is -0.0250. The number of thioether (sulfide) groups is 1. The molecule has 6 rings (SSSR count). The third-order valence-electron chi connectivity index (χ3n) is 7.62. The lowest BCUT2D eigenvalue weighted by Gasteiger charge is -2.29. The van der Waals surface area contributed by atoms with Crippen LogP contribution in [0.1, 0.15) is 30.9 Å². The molecule has 2 aromatic carbocycles. The molecule has 4 heterocycles. The van der Waals surface area contributed by atoms with Gasteiger partial charge in [-0.25, -0.2) is 9.18 Å². The highest BCUT2D eigenvalue weighted by atomic mass is 32.2. The van der Waals surface area contributed by atoms with E-state index >= 15 is 4.39 Å². The average Bonchev–Trinajstić information content (AvgIpc) is 3.51. The zero-order valence-corrected chi connectivity index (χ0v) is 22.1. The Labute approximate surface area is 228 Å². The topological polar surface area (TPSA) is 104 Å². The summed E-state index contributed by atoms with van der Waals surface area (Å²) in [4.78, 5) is 41.7. The molecule has 39 heavy (non-hydrogen) atoms. The average molecular weight is 553 g/mol. The predicted molar refractivity (Wildman–Crippen MR) is 147 cm³/mol. The molecule has 2 atom stereocenters. The molecule has 0 unspecified atom stereocenters. The SMILES string of the molecule is O=C1CSc2ccc(N3C[C@@H](CCCN(CCCO)[C@@H]4Cn5c(=O)ccc6ccc(F)c4c65)OC3=O)cc2N1. The summed E-state index contributed by atoms with van der Waals surface area (Å²) in [5.41, 5.74) is 2.38. The Balaban J connectivity index is 1.13. The number of pyridine rings is 1. The van der Waals surface area contributed by atoms with Gasteiger partial charge in [0, 0.05) is 41.9 Å². The summed E-state index contributed by atoms with van der Waals surface area (Å²) in [6.45, 7) is 1.91. The number of hydrogen-bond donors (Lipinski definition) is 2. The molecule has 3 aliphatic heterocycles. The number of fused-ring (bicyclic) bond motifs is 1. The number of ether oxygens (including phenoxy) is 1. The van der Waals surface area contributed by atoms with Gasteiger partial charge in [0.05, 0.1) is 29.5 Å². The molecule has 9 nitrogen and oxygen atoms in total. The van der Waals surface area contributed by atoms with E-state index in [1.165, 1.54) is 23.9 Å². The number of anilines is 2. The van der Waals surface area contributed by atoms with Crippen molar-refractivity contribution in [1.29, 1.82) is 0 Å². The number of rotatable bonds is 9. The smallest absolute Gasteiger partial charge is 0.414 e. The van der Waals surface area contributed by atoms with Gasteiger partial charge in [0.1, 0.15) is 11.9 Å². The third kappa shape index (κ3) is 4.90. The number of aliphatic hydroxyl groups excluding tert-OH is 1. The Morgan fingerprint density at radius 1 is 1.08 bits per heavy atom. The van der Waals surface area contributed by atoms with E-state index in [2.05, 4.69) is 10.2 Å². The highest BCUT2D eigenvalue weighted by Crippen LogP contribution is 2.38. The van der Waals surface area contributed by atoms with Crippen LogP contribution in [0.5, 0.6) is 0 Å². The maximum absolute atomic E-state index is 15.1. The van der Waals surface area contributed by atoms with Gasteiger partial charge in [-0.15, -0.1) is 11.8 Å². The van der Waals surface area contributed by atoms with E-state index in [0.717, 1.165) is 10.3 Å². The molecule has 0 spiro atoms. The molecule has 2 amide bonds. The molecular formula is C28H29FN4O5S. The monoisotopic (exact) mass is 552 g/mol. The Morgan fingerprint density at radius 3 is 2.74 bits per heavy atom. The summed E-state index contributed by atoms with van der Waals surface area (Å²) in [6, 6.07) is 11.6. The molecule has 0 bridgehead atoms. The van der Waals surface area contributed by atoms with Crippen molar-refractivity contribution in [3.8, 4) is 0 Å². The number of hydrogen-bond acceptors (Lipinski definition) is 7. The van der Waals surface area contributed by atoms with Gasteiger partial charge in [0.2, 0.25) is 5.91 Å². The van der Waals surface area contributed by atoms with E-state index in [1.807, 2.05) is 12.1 Å². The van der Waals surface area contributed by atoms with Crippen LogP contribution in [0.3, 0.4) is 0 Å². The van der Waals surface area contributed by atoms with Gasteiger partial charge in [-0.2, -0.15) is 0 Å². The van der Waals surface area contributed by atoms with Crippen molar-refractivity contribution in [2.75, 3.05) is 42.2 Å². The lowest BCUT2D eigenvalue weighted by molar-refractivity contribution is -0.113. The van der Waals surface area contributed by atoms with Gasteiger partial charge < -0.3 is 19.7 Å². The van der Waals surface area contributed by atoms with Crippen LogP contribution >= 0.6 is 11.8 Å². The summed E-state index contributed by atoms with van der Waals surface area (Å²) >= 11 is 1.47. The van der Waals surface area contributed by atoms with Gasteiger partial charge >= 0.3 is 6.09 Å². The van der Waals surface area contributed by atoms with Crippen LogP contribution in [0, 0.1) is 5.82 Å². The molecule has 204 valence electrons. The minimum atomic E-state index is -0.425. The largest absolute Gasteiger partial charge is 0.444 e. The number of aromatic nitrogens is 1. The number of nitrogens with zero attached hydrogens (tertiary/aromatic N) is 3. The van der Waals surface area contributed by atoms with Gasteiger partial charge in [-0.05, 0) is 67.6 Å². The van der Waals surface area contributed by atoms with Gasteiger partial charge in [-0.3, -0.25) is 19.4 Å². The third-order valence-corrected chi connectivity index (χ3v) is 8.70. The van der Waals surface area contributed by atoms with Crippen LogP contribution < -0.4 is 15.8 Å². The normalized spacial score (nSPS) is 20.0. The zero-order valence-electron chi connectivity index (χ0n) is 21.3. The number of cyclic esters (lactones) is 1. The molecule has 2 N–H and O–H groups in total. The molecule has 3 aromatic rings. The second-order valence-corrected chi connectivity index (χ2v) is 11.1. The molecule has 0 radical (unpaired) electrons. The van der Waals surface area contributed by atoms with E-state index in [9.17, 15) is 19.5 Å². The molecule has 0 aliphatic carbocycles. The first-order valence-electron chi connectivity index (χ1n) is 13.1. The first-order chi connectivity index (χ1) is 18.9. The van der Waals surface area contributed by atoms with E-state index in [1.54, 1.807) is 27.7 Å². The minimum absolute atomic E-state index is 0.0116. The van der Waals surface area contributed by atoms with Crippen molar-refractivity contribution in [1.82, 2.24) is 9.47 Å². The fourth-order valence-electron chi connectivity index (χ4n) is 5.80. The van der Waals surface area contributed by atoms with Crippen molar-refractivity contribution in [2.45, 2.75) is 42.8 Å². The second-order valence-electron chi connectivity index (χ2n) is 10.1. The van der Waals surface area contributed by atoms with Crippen molar-refractivity contribution >= 4 is 46.0 Å². The highest BCUT2D eigenvalue weighted by molar-refractivity contribution is 8.00. The van der Waals surface area contributed by atoms with Crippen LogP contribution in [0.4, 0.5) is 20.6 Å². The van der Waals surface area contributed by atoms with Crippen LogP contribution in [0.25, 0.3) is 10.9 Å². The number of carbonyl (C=O) groups excluding carboxylic acids is 2. The van der Waals surface area contributed by atoms with Gasteiger partial charge in [0.15, 0.2) is 0 Å². The van der Waals surface area contributed by atoms with E-state index in [4.69, 9.17) is 4.74 Å². The molecule has 0 saturated carbocycles.